The Kier molecular flexibility index (Phi) is 9.10. The minimum absolute atomic E-state index is 0.221. The van der Waals surface area contributed by atoms with E-state index >= 15 is 0 Å². The molecule has 0 amide bonds. The first-order valence-corrected chi connectivity index (χ1v) is 11.9. The minimum atomic E-state index is -0.221. The molecule has 1 aliphatic rings. The van der Waals surface area contributed by atoms with Crippen LogP contribution in [0.15, 0.2) is 30.3 Å². The van der Waals surface area contributed by atoms with E-state index < -0.39 is 0 Å². The van der Waals surface area contributed by atoms with Crippen molar-refractivity contribution >= 4 is 0 Å². The van der Waals surface area contributed by atoms with E-state index in [-0.39, 0.29) is 5.82 Å². The van der Waals surface area contributed by atoms with Gasteiger partial charge in [-0.1, -0.05) is 70.8 Å². The number of rotatable bonds is 11. The van der Waals surface area contributed by atoms with E-state index in [0.717, 1.165) is 23.8 Å². The van der Waals surface area contributed by atoms with Crippen molar-refractivity contribution in [2.24, 2.45) is 11.8 Å². The monoisotopic (exact) mass is 412 g/mol. The van der Waals surface area contributed by atoms with Crippen molar-refractivity contribution in [2.45, 2.75) is 84.5 Å². The zero-order chi connectivity index (χ0) is 21.2. The highest BCUT2D eigenvalue weighted by molar-refractivity contribution is 5.60. The summed E-state index contributed by atoms with van der Waals surface area (Å²) in [6.45, 7) is 4.71. The van der Waals surface area contributed by atoms with Gasteiger partial charge in [-0.15, -0.1) is 10.2 Å². The van der Waals surface area contributed by atoms with Gasteiger partial charge in [-0.2, -0.15) is 0 Å². The van der Waals surface area contributed by atoms with E-state index in [1.54, 1.807) is 18.2 Å². The van der Waals surface area contributed by atoms with Gasteiger partial charge >= 0.3 is 0 Å². The Morgan fingerprint density at radius 3 is 2.30 bits per heavy atom. The molecule has 3 rings (SSSR count). The third-order valence-electron chi connectivity index (χ3n) is 6.52. The van der Waals surface area contributed by atoms with Gasteiger partial charge in [-0.3, -0.25) is 0 Å². The highest BCUT2D eigenvalue weighted by Gasteiger charge is 2.21. The summed E-state index contributed by atoms with van der Waals surface area (Å²) in [5.41, 5.74) is 2.12. The highest BCUT2D eigenvalue weighted by atomic mass is 19.1. The third-order valence-corrected chi connectivity index (χ3v) is 6.52. The summed E-state index contributed by atoms with van der Waals surface area (Å²) in [6.07, 6.45) is 14.5. The highest BCUT2D eigenvalue weighted by Crippen LogP contribution is 2.34. The molecule has 1 fully saturated rings. The predicted octanol–water partition coefficient (Wildman–Crippen LogP) is 7.39. The van der Waals surface area contributed by atoms with Crippen LogP contribution in [-0.2, 0) is 6.42 Å². The molecule has 0 saturated heterocycles. The van der Waals surface area contributed by atoms with Crippen LogP contribution in [0.3, 0.4) is 0 Å². The molecule has 0 bridgehead atoms. The molecule has 2 aromatic rings. The minimum Gasteiger partial charge on any atom is -0.477 e. The molecule has 3 nitrogen and oxygen atoms in total. The zero-order valence-electron chi connectivity index (χ0n) is 18.7. The molecular weight excluding hydrogens is 375 g/mol. The molecule has 0 radical (unpaired) electrons. The SMILES string of the molecule is CCCCCCC1CCC(CCc2ccc(-c3ccc(OCC)nn3)c(F)c2)CC1. The zero-order valence-corrected chi connectivity index (χ0v) is 18.7. The largest absolute Gasteiger partial charge is 0.477 e. The van der Waals surface area contributed by atoms with Crippen molar-refractivity contribution in [2.75, 3.05) is 6.61 Å². The fourth-order valence-electron chi connectivity index (χ4n) is 4.65. The van der Waals surface area contributed by atoms with Gasteiger partial charge in [0.05, 0.1) is 12.3 Å². The van der Waals surface area contributed by atoms with Crippen molar-refractivity contribution in [1.29, 1.82) is 0 Å². The maximum absolute atomic E-state index is 14.7. The Morgan fingerprint density at radius 2 is 1.67 bits per heavy atom. The van der Waals surface area contributed by atoms with Crippen LogP contribution in [0.4, 0.5) is 4.39 Å². The number of nitrogens with zero attached hydrogens (tertiary/aromatic N) is 2. The first kappa shape index (κ1) is 22.7. The number of hydrogen-bond donors (Lipinski definition) is 0. The van der Waals surface area contributed by atoms with E-state index in [2.05, 4.69) is 17.1 Å². The van der Waals surface area contributed by atoms with E-state index in [1.165, 1.54) is 64.2 Å². The van der Waals surface area contributed by atoms with Crippen LogP contribution in [0.5, 0.6) is 5.88 Å². The second-order valence-electron chi connectivity index (χ2n) is 8.78. The molecule has 0 atom stereocenters. The molecule has 164 valence electrons. The van der Waals surface area contributed by atoms with Crippen LogP contribution in [-0.4, -0.2) is 16.8 Å². The molecule has 0 N–H and O–H groups in total. The fourth-order valence-corrected chi connectivity index (χ4v) is 4.65. The fraction of sp³-hybridized carbons (Fsp3) is 0.615. The van der Waals surface area contributed by atoms with Gasteiger partial charge in [-0.25, -0.2) is 4.39 Å². The molecule has 0 spiro atoms. The summed E-state index contributed by atoms with van der Waals surface area (Å²) in [4.78, 5) is 0. The summed E-state index contributed by atoms with van der Waals surface area (Å²) in [6, 6.07) is 9.04. The molecule has 1 aliphatic carbocycles. The van der Waals surface area contributed by atoms with Gasteiger partial charge in [-0.05, 0) is 55.4 Å². The number of aryl methyl sites for hydroxylation is 1. The Morgan fingerprint density at radius 1 is 0.900 bits per heavy atom. The lowest BCUT2D eigenvalue weighted by atomic mass is 9.77. The number of unbranched alkanes of at least 4 members (excludes halogenated alkanes) is 3. The summed E-state index contributed by atoms with van der Waals surface area (Å²) >= 11 is 0. The van der Waals surface area contributed by atoms with E-state index in [9.17, 15) is 4.39 Å². The van der Waals surface area contributed by atoms with Crippen molar-refractivity contribution in [1.82, 2.24) is 10.2 Å². The van der Waals surface area contributed by atoms with Gasteiger partial charge in [0.15, 0.2) is 0 Å². The lowest BCUT2D eigenvalue weighted by Crippen LogP contribution is -2.15. The number of hydrogen-bond acceptors (Lipinski definition) is 3. The standard InChI is InChI=1S/C26H37FN2O/c1-3-5-6-7-8-20-9-11-21(12-10-20)13-14-22-15-16-23(24(27)19-22)25-17-18-26(29-28-25)30-4-2/h15-21H,3-14H2,1-2H3. The number of ether oxygens (including phenoxy) is 1. The van der Waals surface area contributed by atoms with Crippen molar-refractivity contribution in [3.05, 3.63) is 41.7 Å². The van der Waals surface area contributed by atoms with Crippen LogP contribution in [0.25, 0.3) is 11.3 Å². The summed E-state index contributed by atoms with van der Waals surface area (Å²) < 4.78 is 20.0. The molecular formula is C26H37FN2O. The molecule has 4 heteroatoms. The molecule has 30 heavy (non-hydrogen) atoms. The van der Waals surface area contributed by atoms with Gasteiger partial charge in [0.2, 0.25) is 5.88 Å². The second-order valence-corrected chi connectivity index (χ2v) is 8.78. The Labute approximate surface area is 181 Å². The lowest BCUT2D eigenvalue weighted by Gasteiger charge is -2.28. The third kappa shape index (κ3) is 6.78. The molecule has 1 aromatic carbocycles. The van der Waals surface area contributed by atoms with Crippen molar-refractivity contribution in [3.8, 4) is 17.1 Å². The summed E-state index contributed by atoms with van der Waals surface area (Å²) in [5, 5.41) is 8.10. The second kappa shape index (κ2) is 12.0. The van der Waals surface area contributed by atoms with Crippen LogP contribution in [0.2, 0.25) is 0 Å². The maximum atomic E-state index is 14.7. The average molecular weight is 413 g/mol. The van der Waals surface area contributed by atoms with E-state index in [4.69, 9.17) is 4.74 Å². The molecule has 1 saturated carbocycles. The van der Waals surface area contributed by atoms with Crippen molar-refractivity contribution < 1.29 is 9.13 Å². The van der Waals surface area contributed by atoms with Crippen LogP contribution in [0, 0.1) is 17.7 Å². The molecule has 0 unspecified atom stereocenters. The average Bonchev–Trinajstić information content (AvgIpc) is 2.77. The Bertz CT molecular complexity index is 754. The van der Waals surface area contributed by atoms with Gasteiger partial charge < -0.3 is 4.74 Å². The first-order valence-electron chi connectivity index (χ1n) is 11.9. The normalized spacial score (nSPS) is 19.0. The van der Waals surface area contributed by atoms with E-state index in [0.29, 0.717) is 23.7 Å². The molecule has 1 heterocycles. The Balaban J connectivity index is 1.45. The van der Waals surface area contributed by atoms with Crippen LogP contribution >= 0.6 is 0 Å². The van der Waals surface area contributed by atoms with Crippen LogP contribution in [0.1, 0.15) is 83.6 Å². The lowest BCUT2D eigenvalue weighted by molar-refractivity contribution is 0.249. The maximum Gasteiger partial charge on any atom is 0.233 e. The Hall–Kier alpha value is -1.97. The van der Waals surface area contributed by atoms with Crippen LogP contribution < -0.4 is 4.74 Å². The first-order chi connectivity index (χ1) is 14.7. The molecule has 0 aliphatic heterocycles. The van der Waals surface area contributed by atoms with Gasteiger partial charge in [0.1, 0.15) is 5.82 Å². The quantitative estimate of drug-likeness (QED) is 0.361. The van der Waals surface area contributed by atoms with Gasteiger partial charge in [0.25, 0.3) is 0 Å². The summed E-state index contributed by atoms with van der Waals surface area (Å²) in [7, 11) is 0. The summed E-state index contributed by atoms with van der Waals surface area (Å²) in [5.74, 6) is 2.00. The smallest absolute Gasteiger partial charge is 0.233 e. The predicted molar refractivity (Wildman–Crippen MR) is 121 cm³/mol. The molecule has 1 aromatic heterocycles. The topological polar surface area (TPSA) is 35.0 Å². The van der Waals surface area contributed by atoms with Gasteiger partial charge in [0, 0.05) is 11.6 Å². The number of halogens is 1. The van der Waals surface area contributed by atoms with Crippen molar-refractivity contribution in [3.63, 3.8) is 0 Å². The van der Waals surface area contributed by atoms with E-state index in [1.807, 2.05) is 19.1 Å². The number of benzene rings is 1. The number of aromatic nitrogens is 2.